The van der Waals surface area contributed by atoms with Crippen molar-refractivity contribution in [1.29, 1.82) is 0 Å². The molecule has 2 atom stereocenters. The molecule has 0 bridgehead atoms. The van der Waals surface area contributed by atoms with E-state index in [1.807, 2.05) is 0 Å². The molecule has 2 heterocycles. The standard InChI is InChI=1S/C22H25F2N3O7/c1-11(25)18-17(20(28)27-6-7-31-16(9-27)21(29)30)26-19(34-18)13-4-5-14(33-22(23)24)15(8-13)32-10-12-2-3-12/h4-5,8,11-12,16,22H,2-3,6-7,9-10,25H2,1H3,(H,29,30)/t11-,16?/m0/s1. The predicted molar refractivity (Wildman–Crippen MR) is 113 cm³/mol. The van der Waals surface area contributed by atoms with Gasteiger partial charge in [0.1, 0.15) is 0 Å². The van der Waals surface area contributed by atoms with E-state index in [-0.39, 0.29) is 48.5 Å². The first-order chi connectivity index (χ1) is 16.2. The van der Waals surface area contributed by atoms with Crippen LogP contribution in [0.2, 0.25) is 0 Å². The van der Waals surface area contributed by atoms with Gasteiger partial charge in [-0.1, -0.05) is 0 Å². The molecule has 1 aromatic heterocycles. The summed E-state index contributed by atoms with van der Waals surface area (Å²) in [6, 6.07) is 3.55. The molecule has 10 nitrogen and oxygen atoms in total. The topological polar surface area (TPSA) is 137 Å². The Kier molecular flexibility index (Phi) is 6.98. The number of carboxylic acid groups (broad SMARTS) is 1. The fraction of sp³-hybridized carbons (Fsp3) is 0.500. The molecule has 1 aliphatic carbocycles. The fourth-order valence-electron chi connectivity index (χ4n) is 3.49. The van der Waals surface area contributed by atoms with Crippen molar-refractivity contribution in [3.05, 3.63) is 29.7 Å². The number of hydrogen-bond acceptors (Lipinski definition) is 8. The highest BCUT2D eigenvalue weighted by Gasteiger charge is 2.33. The Morgan fingerprint density at radius 1 is 1.32 bits per heavy atom. The Morgan fingerprint density at radius 3 is 2.74 bits per heavy atom. The van der Waals surface area contributed by atoms with Crippen LogP contribution in [0.1, 0.15) is 42.1 Å². The maximum atomic E-state index is 13.1. The number of hydrogen-bond donors (Lipinski definition) is 2. The molecule has 1 aliphatic heterocycles. The van der Waals surface area contributed by atoms with E-state index in [1.165, 1.54) is 23.1 Å². The Balaban J connectivity index is 1.63. The van der Waals surface area contributed by atoms with Gasteiger partial charge in [-0.3, -0.25) is 4.79 Å². The highest BCUT2D eigenvalue weighted by Crippen LogP contribution is 2.37. The van der Waals surface area contributed by atoms with Crippen LogP contribution in [0.4, 0.5) is 8.78 Å². The van der Waals surface area contributed by atoms with Crippen LogP contribution in [0.25, 0.3) is 11.5 Å². The minimum atomic E-state index is -3.02. The van der Waals surface area contributed by atoms with E-state index in [0.717, 1.165) is 12.8 Å². The van der Waals surface area contributed by atoms with Gasteiger partial charge in [0.15, 0.2) is 29.1 Å². The lowest BCUT2D eigenvalue weighted by Gasteiger charge is -2.30. The van der Waals surface area contributed by atoms with Crippen molar-refractivity contribution in [1.82, 2.24) is 9.88 Å². The lowest BCUT2D eigenvalue weighted by atomic mass is 10.2. The third-order valence-electron chi connectivity index (χ3n) is 5.48. The molecule has 2 aromatic rings. The molecule has 0 spiro atoms. The lowest BCUT2D eigenvalue weighted by molar-refractivity contribution is -0.154. The number of aliphatic carboxylic acids is 1. The molecule has 1 aromatic carbocycles. The van der Waals surface area contributed by atoms with E-state index in [1.54, 1.807) is 6.92 Å². The highest BCUT2D eigenvalue weighted by molar-refractivity contribution is 5.94. The molecular weight excluding hydrogens is 456 g/mol. The van der Waals surface area contributed by atoms with E-state index in [4.69, 9.17) is 19.6 Å². The SMILES string of the molecule is C[C@H](N)c1oc(-c2ccc(OC(F)F)c(OCC3CC3)c2)nc1C(=O)N1CCOC(C(=O)O)C1. The molecule has 3 N–H and O–H groups in total. The number of aromatic nitrogens is 1. The molecule has 1 unspecified atom stereocenters. The summed E-state index contributed by atoms with van der Waals surface area (Å²) in [5.74, 6) is -1.19. The minimum absolute atomic E-state index is 0.0403. The van der Waals surface area contributed by atoms with Gasteiger partial charge >= 0.3 is 12.6 Å². The van der Waals surface area contributed by atoms with Crippen LogP contribution in [0.5, 0.6) is 11.5 Å². The third-order valence-corrected chi connectivity index (χ3v) is 5.48. The van der Waals surface area contributed by atoms with Gasteiger partial charge in [-0.25, -0.2) is 9.78 Å². The van der Waals surface area contributed by atoms with E-state index < -0.39 is 30.6 Å². The van der Waals surface area contributed by atoms with E-state index in [9.17, 15) is 23.5 Å². The van der Waals surface area contributed by atoms with Crippen LogP contribution < -0.4 is 15.2 Å². The number of nitrogens with two attached hydrogens (primary N) is 1. The molecule has 184 valence electrons. The molecule has 4 rings (SSSR count). The Bertz CT molecular complexity index is 1060. The van der Waals surface area contributed by atoms with E-state index in [2.05, 4.69) is 9.72 Å². The fourth-order valence-corrected chi connectivity index (χ4v) is 3.49. The van der Waals surface area contributed by atoms with Crippen molar-refractivity contribution < 1.29 is 42.1 Å². The van der Waals surface area contributed by atoms with Crippen LogP contribution in [0.15, 0.2) is 22.6 Å². The molecule has 0 radical (unpaired) electrons. The average Bonchev–Trinajstić information content (AvgIpc) is 3.52. The quantitative estimate of drug-likeness (QED) is 0.554. The summed E-state index contributed by atoms with van der Waals surface area (Å²) in [5, 5.41) is 9.20. The Labute approximate surface area is 193 Å². The largest absolute Gasteiger partial charge is 0.489 e. The summed E-state index contributed by atoms with van der Waals surface area (Å²) in [7, 11) is 0. The smallest absolute Gasteiger partial charge is 0.387 e. The van der Waals surface area contributed by atoms with Gasteiger partial charge < -0.3 is 34.4 Å². The minimum Gasteiger partial charge on any atom is -0.489 e. The number of halogens is 2. The number of carbonyl (C=O) groups is 2. The summed E-state index contributed by atoms with van der Waals surface area (Å²) in [5.41, 5.74) is 6.32. The second kappa shape index (κ2) is 9.94. The van der Waals surface area contributed by atoms with E-state index >= 15 is 0 Å². The predicted octanol–water partition coefficient (Wildman–Crippen LogP) is 2.68. The molecule has 2 fully saturated rings. The van der Waals surface area contributed by atoms with Gasteiger partial charge in [-0.15, -0.1) is 0 Å². The number of ether oxygens (including phenoxy) is 3. The summed E-state index contributed by atoms with van der Waals surface area (Å²) in [6.45, 7) is -0.938. The number of amides is 1. The van der Waals surface area contributed by atoms with E-state index in [0.29, 0.717) is 18.1 Å². The summed E-state index contributed by atoms with van der Waals surface area (Å²) >= 11 is 0. The van der Waals surface area contributed by atoms with Crippen molar-refractivity contribution in [2.45, 2.75) is 38.5 Å². The molecule has 2 aliphatic rings. The number of carboxylic acids is 1. The summed E-state index contributed by atoms with van der Waals surface area (Å²) < 4.78 is 46.8. The lowest BCUT2D eigenvalue weighted by Crippen LogP contribution is -2.48. The maximum Gasteiger partial charge on any atom is 0.387 e. The maximum absolute atomic E-state index is 13.1. The van der Waals surface area contributed by atoms with Gasteiger partial charge in [-0.2, -0.15) is 8.78 Å². The zero-order valence-electron chi connectivity index (χ0n) is 18.4. The molecule has 12 heteroatoms. The first-order valence-electron chi connectivity index (χ1n) is 10.8. The number of nitrogens with zero attached hydrogens (tertiary/aromatic N) is 2. The average molecular weight is 481 g/mol. The highest BCUT2D eigenvalue weighted by atomic mass is 19.3. The van der Waals surface area contributed by atoms with Crippen molar-refractivity contribution in [2.24, 2.45) is 11.7 Å². The molecule has 34 heavy (non-hydrogen) atoms. The second-order valence-corrected chi connectivity index (χ2v) is 8.26. The Morgan fingerprint density at radius 2 is 2.09 bits per heavy atom. The van der Waals surface area contributed by atoms with Crippen LogP contribution in [-0.4, -0.2) is 65.9 Å². The van der Waals surface area contributed by atoms with Crippen molar-refractivity contribution in [2.75, 3.05) is 26.3 Å². The number of oxazole rings is 1. The first-order valence-corrected chi connectivity index (χ1v) is 10.8. The van der Waals surface area contributed by atoms with Gasteiger partial charge in [0, 0.05) is 12.1 Å². The number of benzene rings is 1. The van der Waals surface area contributed by atoms with Gasteiger partial charge in [0.05, 0.1) is 25.8 Å². The van der Waals surface area contributed by atoms with Gasteiger partial charge in [-0.05, 0) is 43.9 Å². The number of alkyl halides is 2. The molecule has 1 saturated carbocycles. The first kappa shape index (κ1) is 23.9. The van der Waals surface area contributed by atoms with Crippen LogP contribution in [0, 0.1) is 5.92 Å². The zero-order chi connectivity index (χ0) is 24.4. The number of carbonyl (C=O) groups excluding carboxylic acids is 1. The molecule has 1 amide bonds. The normalized spacial score (nSPS) is 19.2. The van der Waals surface area contributed by atoms with Crippen LogP contribution in [-0.2, 0) is 9.53 Å². The monoisotopic (exact) mass is 481 g/mol. The van der Waals surface area contributed by atoms with Crippen LogP contribution in [0.3, 0.4) is 0 Å². The van der Waals surface area contributed by atoms with Crippen LogP contribution >= 0.6 is 0 Å². The summed E-state index contributed by atoms with van der Waals surface area (Å²) in [4.78, 5) is 30.0. The zero-order valence-corrected chi connectivity index (χ0v) is 18.4. The number of morpholine rings is 1. The molecular formula is C22H25F2N3O7. The summed E-state index contributed by atoms with van der Waals surface area (Å²) in [6.07, 6.45) is 0.881. The Hall–Kier alpha value is -3.25. The van der Waals surface area contributed by atoms with Crippen molar-refractivity contribution in [3.8, 4) is 23.0 Å². The third kappa shape index (κ3) is 5.45. The van der Waals surface area contributed by atoms with Crippen molar-refractivity contribution in [3.63, 3.8) is 0 Å². The van der Waals surface area contributed by atoms with Crippen molar-refractivity contribution >= 4 is 11.9 Å². The van der Waals surface area contributed by atoms with Gasteiger partial charge in [0.25, 0.3) is 5.91 Å². The molecule has 1 saturated heterocycles. The second-order valence-electron chi connectivity index (χ2n) is 8.26. The van der Waals surface area contributed by atoms with Gasteiger partial charge in [0.2, 0.25) is 5.89 Å². The number of rotatable bonds is 9.